The van der Waals surface area contributed by atoms with Crippen molar-refractivity contribution in [3.05, 3.63) is 35.9 Å². The summed E-state index contributed by atoms with van der Waals surface area (Å²) in [5.41, 5.74) is 6.47. The van der Waals surface area contributed by atoms with E-state index in [-0.39, 0.29) is 12.0 Å². The van der Waals surface area contributed by atoms with Gasteiger partial charge in [-0.05, 0) is 18.4 Å². The van der Waals surface area contributed by atoms with E-state index in [0.717, 1.165) is 12.8 Å². The predicted octanol–water partition coefficient (Wildman–Crippen LogP) is 5.37. The Labute approximate surface area is 148 Å². The molecule has 1 aromatic rings. The minimum Gasteiger partial charge on any atom is -0.374 e. The van der Waals surface area contributed by atoms with Gasteiger partial charge in [0, 0.05) is 6.42 Å². The third-order valence-electron chi connectivity index (χ3n) is 4.42. The fourth-order valence-corrected chi connectivity index (χ4v) is 2.91. The number of unbranched alkanes of at least 4 members (excludes halogenated alkanes) is 7. The van der Waals surface area contributed by atoms with Crippen molar-refractivity contribution in [1.82, 2.24) is 0 Å². The number of hydrogen-bond donors (Lipinski definition) is 1. The Kier molecular flexibility index (Phi) is 12.1. The minimum absolute atomic E-state index is 0.137. The lowest BCUT2D eigenvalue weighted by Crippen LogP contribution is -2.18. The van der Waals surface area contributed by atoms with Crippen LogP contribution in [0.25, 0.3) is 0 Å². The maximum absolute atomic E-state index is 11.0. The second-order valence-corrected chi connectivity index (χ2v) is 6.69. The Morgan fingerprint density at radius 1 is 0.958 bits per heavy atom. The highest BCUT2D eigenvalue weighted by atomic mass is 16.5. The van der Waals surface area contributed by atoms with Gasteiger partial charge in [-0.1, -0.05) is 88.6 Å². The van der Waals surface area contributed by atoms with Crippen LogP contribution in [-0.4, -0.2) is 12.0 Å². The highest BCUT2D eigenvalue weighted by Crippen LogP contribution is 2.16. The third kappa shape index (κ3) is 11.2. The molecule has 0 heterocycles. The summed E-state index contributed by atoms with van der Waals surface area (Å²) in [7, 11) is 0. The number of ether oxygens (including phenoxy) is 1. The first-order valence-corrected chi connectivity index (χ1v) is 9.66. The molecule has 136 valence electrons. The molecule has 1 amide bonds. The van der Waals surface area contributed by atoms with E-state index in [0.29, 0.717) is 13.0 Å². The SMILES string of the molecule is CCCCCCCCCCC(CCC(N)=O)OCc1ccccc1. The minimum atomic E-state index is -0.237. The molecule has 3 nitrogen and oxygen atoms in total. The lowest BCUT2D eigenvalue weighted by Gasteiger charge is -2.17. The van der Waals surface area contributed by atoms with Gasteiger partial charge < -0.3 is 10.5 Å². The van der Waals surface area contributed by atoms with Crippen LogP contribution in [0.3, 0.4) is 0 Å². The molecule has 1 aromatic carbocycles. The van der Waals surface area contributed by atoms with Crippen LogP contribution in [0, 0.1) is 0 Å². The van der Waals surface area contributed by atoms with Crippen molar-refractivity contribution < 1.29 is 9.53 Å². The fourth-order valence-electron chi connectivity index (χ4n) is 2.91. The fraction of sp³-hybridized carbons (Fsp3) is 0.667. The largest absolute Gasteiger partial charge is 0.374 e. The van der Waals surface area contributed by atoms with Gasteiger partial charge >= 0.3 is 0 Å². The van der Waals surface area contributed by atoms with Gasteiger partial charge in [0.15, 0.2) is 0 Å². The lowest BCUT2D eigenvalue weighted by molar-refractivity contribution is -0.118. The van der Waals surface area contributed by atoms with Crippen molar-refractivity contribution in [2.75, 3.05) is 0 Å². The number of benzene rings is 1. The monoisotopic (exact) mass is 333 g/mol. The van der Waals surface area contributed by atoms with Crippen molar-refractivity contribution in [2.24, 2.45) is 5.73 Å². The molecule has 0 saturated carbocycles. The summed E-state index contributed by atoms with van der Waals surface area (Å²) in [6.07, 6.45) is 12.8. The van der Waals surface area contributed by atoms with Crippen LogP contribution in [0.15, 0.2) is 30.3 Å². The zero-order valence-electron chi connectivity index (χ0n) is 15.3. The zero-order valence-corrected chi connectivity index (χ0v) is 15.3. The molecule has 0 fully saturated rings. The van der Waals surface area contributed by atoms with Gasteiger partial charge in [-0.25, -0.2) is 0 Å². The molecule has 0 aliphatic heterocycles. The Bertz CT molecular complexity index is 419. The molecule has 0 radical (unpaired) electrons. The molecular formula is C21H35NO2. The van der Waals surface area contributed by atoms with Gasteiger partial charge in [0.2, 0.25) is 5.91 Å². The third-order valence-corrected chi connectivity index (χ3v) is 4.42. The number of primary amides is 1. The van der Waals surface area contributed by atoms with Gasteiger partial charge in [-0.3, -0.25) is 4.79 Å². The van der Waals surface area contributed by atoms with Crippen LogP contribution in [0.1, 0.15) is 83.1 Å². The number of amides is 1. The van der Waals surface area contributed by atoms with Gasteiger partial charge in [0.1, 0.15) is 0 Å². The van der Waals surface area contributed by atoms with Crippen LogP contribution in [0.5, 0.6) is 0 Å². The molecule has 3 heteroatoms. The summed E-state index contributed by atoms with van der Waals surface area (Å²) in [5.74, 6) is -0.237. The molecule has 0 aromatic heterocycles. The van der Waals surface area contributed by atoms with E-state index in [1.165, 1.54) is 56.9 Å². The predicted molar refractivity (Wildman–Crippen MR) is 101 cm³/mol. The van der Waals surface area contributed by atoms with Gasteiger partial charge in [0.05, 0.1) is 12.7 Å². The topological polar surface area (TPSA) is 52.3 Å². The van der Waals surface area contributed by atoms with Crippen molar-refractivity contribution in [3.63, 3.8) is 0 Å². The zero-order chi connectivity index (χ0) is 17.5. The van der Waals surface area contributed by atoms with E-state index < -0.39 is 0 Å². The molecule has 0 spiro atoms. The van der Waals surface area contributed by atoms with E-state index in [2.05, 4.69) is 19.1 Å². The molecule has 0 bridgehead atoms. The average Bonchev–Trinajstić information content (AvgIpc) is 2.59. The molecule has 2 N–H and O–H groups in total. The van der Waals surface area contributed by atoms with E-state index in [9.17, 15) is 4.79 Å². The quantitative estimate of drug-likeness (QED) is 0.439. The highest BCUT2D eigenvalue weighted by Gasteiger charge is 2.11. The average molecular weight is 334 g/mol. The summed E-state index contributed by atoms with van der Waals surface area (Å²) >= 11 is 0. The van der Waals surface area contributed by atoms with E-state index in [1.54, 1.807) is 0 Å². The molecule has 0 aliphatic rings. The van der Waals surface area contributed by atoms with Gasteiger partial charge in [-0.15, -0.1) is 0 Å². The first kappa shape index (κ1) is 20.7. The maximum Gasteiger partial charge on any atom is 0.217 e. The first-order valence-electron chi connectivity index (χ1n) is 9.66. The molecule has 1 unspecified atom stereocenters. The summed E-state index contributed by atoms with van der Waals surface area (Å²) < 4.78 is 6.03. The second kappa shape index (κ2) is 14.0. The van der Waals surface area contributed by atoms with Crippen molar-refractivity contribution in [2.45, 2.75) is 90.3 Å². The van der Waals surface area contributed by atoms with E-state index in [4.69, 9.17) is 10.5 Å². The molecule has 1 atom stereocenters. The van der Waals surface area contributed by atoms with Crippen LogP contribution >= 0.6 is 0 Å². The number of hydrogen-bond acceptors (Lipinski definition) is 2. The van der Waals surface area contributed by atoms with E-state index >= 15 is 0 Å². The normalized spacial score (nSPS) is 12.2. The van der Waals surface area contributed by atoms with Crippen LogP contribution in [0.4, 0.5) is 0 Å². The Balaban J connectivity index is 2.20. The number of carbonyl (C=O) groups excluding carboxylic acids is 1. The smallest absolute Gasteiger partial charge is 0.217 e. The number of nitrogens with two attached hydrogens (primary N) is 1. The van der Waals surface area contributed by atoms with Gasteiger partial charge in [-0.2, -0.15) is 0 Å². The Hall–Kier alpha value is -1.35. The van der Waals surface area contributed by atoms with Crippen molar-refractivity contribution in [3.8, 4) is 0 Å². The summed E-state index contributed by atoms with van der Waals surface area (Å²) in [6, 6.07) is 10.2. The summed E-state index contributed by atoms with van der Waals surface area (Å²) in [6.45, 7) is 2.86. The summed E-state index contributed by atoms with van der Waals surface area (Å²) in [5, 5.41) is 0. The van der Waals surface area contributed by atoms with Crippen LogP contribution < -0.4 is 5.73 Å². The molecule has 0 aliphatic carbocycles. The maximum atomic E-state index is 11.0. The lowest BCUT2D eigenvalue weighted by atomic mass is 10.0. The van der Waals surface area contributed by atoms with Gasteiger partial charge in [0.25, 0.3) is 0 Å². The standard InChI is InChI=1S/C21H35NO2/c1-2-3-4-5-6-7-8-12-15-20(16-17-21(22)23)24-18-19-13-10-9-11-14-19/h9-11,13-14,20H,2-8,12,15-18H2,1H3,(H2,22,23). The molecular weight excluding hydrogens is 298 g/mol. The number of carbonyl (C=O) groups is 1. The molecule has 1 rings (SSSR count). The van der Waals surface area contributed by atoms with Crippen LogP contribution in [-0.2, 0) is 16.1 Å². The van der Waals surface area contributed by atoms with Crippen molar-refractivity contribution in [1.29, 1.82) is 0 Å². The van der Waals surface area contributed by atoms with Crippen LogP contribution in [0.2, 0.25) is 0 Å². The molecule has 0 saturated heterocycles. The van der Waals surface area contributed by atoms with Crippen molar-refractivity contribution >= 4 is 5.91 Å². The Morgan fingerprint density at radius 2 is 1.58 bits per heavy atom. The van der Waals surface area contributed by atoms with E-state index in [1.807, 2.05) is 18.2 Å². The Morgan fingerprint density at radius 3 is 2.21 bits per heavy atom. The molecule has 24 heavy (non-hydrogen) atoms. The second-order valence-electron chi connectivity index (χ2n) is 6.69. The first-order chi connectivity index (χ1) is 11.7. The summed E-state index contributed by atoms with van der Waals surface area (Å²) in [4.78, 5) is 11.0. The number of rotatable bonds is 15. The highest BCUT2D eigenvalue weighted by molar-refractivity contribution is 5.73.